The summed E-state index contributed by atoms with van der Waals surface area (Å²) in [6.07, 6.45) is 0. The van der Waals surface area contributed by atoms with Crippen LogP contribution < -0.4 is 9.47 Å². The van der Waals surface area contributed by atoms with E-state index in [2.05, 4.69) is 0 Å². The number of esters is 1. The maximum absolute atomic E-state index is 12.4. The highest BCUT2D eigenvalue weighted by atomic mass is 16.5. The van der Waals surface area contributed by atoms with Gasteiger partial charge in [0, 0.05) is 16.6 Å². The van der Waals surface area contributed by atoms with E-state index in [4.69, 9.17) is 14.2 Å². The van der Waals surface area contributed by atoms with Crippen molar-refractivity contribution in [3.63, 3.8) is 0 Å². The molecular formula is C21H23NO5. The van der Waals surface area contributed by atoms with Gasteiger partial charge in [-0.3, -0.25) is 0 Å². The second kappa shape index (κ2) is 8.03. The average Bonchev–Trinajstić information content (AvgIpc) is 2.93. The molecule has 1 heterocycles. The molecule has 0 fully saturated rings. The van der Waals surface area contributed by atoms with Gasteiger partial charge in [0.05, 0.1) is 25.8 Å². The zero-order valence-electron chi connectivity index (χ0n) is 15.7. The minimum absolute atomic E-state index is 0.111. The van der Waals surface area contributed by atoms with Crippen molar-refractivity contribution in [2.75, 3.05) is 20.3 Å². The van der Waals surface area contributed by atoms with Gasteiger partial charge in [0.2, 0.25) is 0 Å². The standard InChI is InChI=1S/C21H23NO5/c1-4-26-21(24)20-14(2)22(19-10-5-15(23)13-18(19)20)11-12-27-17-8-6-16(25-3)7-9-17/h5-10,13,23H,4,11-12H2,1-3H3. The van der Waals surface area contributed by atoms with E-state index in [1.807, 2.05) is 35.8 Å². The highest BCUT2D eigenvalue weighted by Gasteiger charge is 2.21. The predicted molar refractivity (Wildman–Crippen MR) is 103 cm³/mol. The molecular weight excluding hydrogens is 346 g/mol. The lowest BCUT2D eigenvalue weighted by Crippen LogP contribution is -2.11. The monoisotopic (exact) mass is 369 g/mol. The first kappa shape index (κ1) is 18.6. The lowest BCUT2D eigenvalue weighted by molar-refractivity contribution is 0.0527. The Morgan fingerprint density at radius 1 is 1.11 bits per heavy atom. The minimum atomic E-state index is -0.388. The fraction of sp³-hybridized carbons (Fsp3) is 0.286. The second-order valence-electron chi connectivity index (χ2n) is 6.06. The molecule has 0 bridgehead atoms. The first-order chi connectivity index (χ1) is 13.0. The maximum atomic E-state index is 12.4. The molecule has 0 spiro atoms. The summed E-state index contributed by atoms with van der Waals surface area (Å²) in [6, 6.07) is 12.4. The van der Waals surface area contributed by atoms with Crippen LogP contribution in [0.3, 0.4) is 0 Å². The lowest BCUT2D eigenvalue weighted by Gasteiger charge is -2.11. The normalized spacial score (nSPS) is 10.8. The third-order valence-corrected chi connectivity index (χ3v) is 4.43. The summed E-state index contributed by atoms with van der Waals surface area (Å²) in [5.74, 6) is 1.24. The molecule has 2 aromatic carbocycles. The number of hydrogen-bond donors (Lipinski definition) is 1. The van der Waals surface area contributed by atoms with E-state index in [0.717, 1.165) is 22.7 Å². The Hall–Kier alpha value is -3.15. The maximum Gasteiger partial charge on any atom is 0.340 e. The Morgan fingerprint density at radius 3 is 2.48 bits per heavy atom. The molecule has 1 N–H and O–H groups in total. The summed E-state index contributed by atoms with van der Waals surface area (Å²) in [7, 11) is 1.62. The van der Waals surface area contributed by atoms with Gasteiger partial charge in [-0.05, 0) is 56.3 Å². The van der Waals surface area contributed by atoms with Crippen molar-refractivity contribution in [3.8, 4) is 17.2 Å². The van der Waals surface area contributed by atoms with E-state index < -0.39 is 0 Å². The van der Waals surface area contributed by atoms with Gasteiger partial charge in [-0.25, -0.2) is 4.79 Å². The van der Waals surface area contributed by atoms with Crippen LogP contribution in [0.25, 0.3) is 10.9 Å². The zero-order valence-corrected chi connectivity index (χ0v) is 15.7. The molecule has 0 saturated carbocycles. The summed E-state index contributed by atoms with van der Waals surface area (Å²) in [5, 5.41) is 10.5. The van der Waals surface area contributed by atoms with Crippen LogP contribution in [0.4, 0.5) is 0 Å². The molecule has 3 rings (SSSR count). The number of benzene rings is 2. The highest BCUT2D eigenvalue weighted by molar-refractivity contribution is 6.06. The Labute approximate surface area is 157 Å². The summed E-state index contributed by atoms with van der Waals surface area (Å²) < 4.78 is 18.1. The molecule has 0 radical (unpaired) electrons. The van der Waals surface area contributed by atoms with Crippen LogP contribution >= 0.6 is 0 Å². The minimum Gasteiger partial charge on any atom is -0.508 e. The number of methoxy groups -OCH3 is 1. The van der Waals surface area contributed by atoms with Gasteiger partial charge in [-0.15, -0.1) is 0 Å². The Kier molecular flexibility index (Phi) is 5.54. The number of fused-ring (bicyclic) bond motifs is 1. The van der Waals surface area contributed by atoms with Crippen molar-refractivity contribution in [1.82, 2.24) is 4.57 Å². The molecule has 27 heavy (non-hydrogen) atoms. The second-order valence-corrected chi connectivity index (χ2v) is 6.06. The van der Waals surface area contributed by atoms with Crippen LogP contribution in [0.2, 0.25) is 0 Å². The Morgan fingerprint density at radius 2 is 1.81 bits per heavy atom. The number of phenols is 1. The molecule has 3 aromatic rings. The molecule has 0 aliphatic carbocycles. The topological polar surface area (TPSA) is 69.9 Å². The van der Waals surface area contributed by atoms with Crippen molar-refractivity contribution < 1.29 is 24.1 Å². The van der Waals surface area contributed by atoms with Crippen molar-refractivity contribution in [1.29, 1.82) is 0 Å². The van der Waals surface area contributed by atoms with Crippen LogP contribution in [-0.2, 0) is 11.3 Å². The van der Waals surface area contributed by atoms with Gasteiger partial charge < -0.3 is 23.9 Å². The van der Waals surface area contributed by atoms with Crippen LogP contribution in [0, 0.1) is 6.92 Å². The molecule has 0 atom stereocenters. The third-order valence-electron chi connectivity index (χ3n) is 4.43. The third kappa shape index (κ3) is 3.84. The molecule has 142 valence electrons. The number of aromatic hydroxyl groups is 1. The number of phenolic OH excluding ortho intramolecular Hbond substituents is 1. The number of rotatable bonds is 7. The van der Waals surface area contributed by atoms with Crippen molar-refractivity contribution in [2.24, 2.45) is 0 Å². The summed E-state index contributed by atoms with van der Waals surface area (Å²) in [5.41, 5.74) is 2.12. The molecule has 0 saturated heterocycles. The first-order valence-electron chi connectivity index (χ1n) is 8.81. The van der Waals surface area contributed by atoms with Crippen LogP contribution in [-0.4, -0.2) is 36.0 Å². The number of aromatic nitrogens is 1. The fourth-order valence-corrected chi connectivity index (χ4v) is 3.15. The van der Waals surface area contributed by atoms with Gasteiger partial charge in [-0.2, -0.15) is 0 Å². The van der Waals surface area contributed by atoms with E-state index >= 15 is 0 Å². The summed E-state index contributed by atoms with van der Waals surface area (Å²) in [6.45, 7) is 4.92. The van der Waals surface area contributed by atoms with Crippen molar-refractivity contribution >= 4 is 16.9 Å². The fourth-order valence-electron chi connectivity index (χ4n) is 3.15. The van der Waals surface area contributed by atoms with Gasteiger partial charge in [0.25, 0.3) is 0 Å². The first-order valence-corrected chi connectivity index (χ1v) is 8.81. The highest BCUT2D eigenvalue weighted by Crippen LogP contribution is 2.29. The molecule has 1 aromatic heterocycles. The smallest absolute Gasteiger partial charge is 0.340 e. The Balaban J connectivity index is 1.85. The van der Waals surface area contributed by atoms with Crippen LogP contribution in [0.15, 0.2) is 42.5 Å². The quantitative estimate of drug-likeness (QED) is 0.639. The van der Waals surface area contributed by atoms with E-state index in [1.54, 1.807) is 32.2 Å². The number of ether oxygens (including phenoxy) is 3. The average molecular weight is 369 g/mol. The summed E-state index contributed by atoms with van der Waals surface area (Å²) in [4.78, 5) is 12.4. The van der Waals surface area contributed by atoms with Crippen molar-refractivity contribution in [2.45, 2.75) is 20.4 Å². The molecule has 0 unspecified atom stereocenters. The predicted octanol–water partition coefficient (Wildman–Crippen LogP) is 3.92. The van der Waals surface area contributed by atoms with Crippen LogP contribution in [0.5, 0.6) is 17.2 Å². The van der Waals surface area contributed by atoms with Gasteiger partial charge >= 0.3 is 5.97 Å². The zero-order chi connectivity index (χ0) is 19.4. The number of carbonyl (C=O) groups is 1. The number of hydrogen-bond acceptors (Lipinski definition) is 5. The molecule has 0 aliphatic rings. The molecule has 0 aliphatic heterocycles. The Bertz CT molecular complexity index is 943. The van der Waals surface area contributed by atoms with Gasteiger partial charge in [-0.1, -0.05) is 0 Å². The molecule has 6 nitrogen and oxygen atoms in total. The van der Waals surface area contributed by atoms with Gasteiger partial charge in [0.1, 0.15) is 23.9 Å². The van der Waals surface area contributed by atoms with Crippen LogP contribution in [0.1, 0.15) is 23.0 Å². The van der Waals surface area contributed by atoms with E-state index in [1.165, 1.54) is 0 Å². The van der Waals surface area contributed by atoms with E-state index in [9.17, 15) is 9.90 Å². The lowest BCUT2D eigenvalue weighted by atomic mass is 10.1. The largest absolute Gasteiger partial charge is 0.508 e. The number of nitrogens with zero attached hydrogens (tertiary/aromatic N) is 1. The molecule has 0 amide bonds. The number of carbonyl (C=O) groups excluding carboxylic acids is 1. The van der Waals surface area contributed by atoms with Gasteiger partial charge in [0.15, 0.2) is 0 Å². The molecule has 6 heteroatoms. The summed E-state index contributed by atoms with van der Waals surface area (Å²) >= 11 is 0. The van der Waals surface area contributed by atoms with Crippen molar-refractivity contribution in [3.05, 3.63) is 53.7 Å². The van der Waals surface area contributed by atoms with E-state index in [-0.39, 0.29) is 11.7 Å². The SMILES string of the molecule is CCOC(=O)c1c(C)n(CCOc2ccc(OC)cc2)c2ccc(O)cc12. The van der Waals surface area contributed by atoms with E-state index in [0.29, 0.717) is 30.7 Å².